The van der Waals surface area contributed by atoms with Crippen molar-refractivity contribution in [1.29, 1.82) is 0 Å². The maximum absolute atomic E-state index is 6.01. The molecule has 2 N–H and O–H groups in total. The number of nitrogens with zero attached hydrogens (tertiary/aromatic N) is 1. The molecule has 0 saturated carbocycles. The summed E-state index contributed by atoms with van der Waals surface area (Å²) in [7, 11) is 0. The zero-order chi connectivity index (χ0) is 13.9. The summed E-state index contributed by atoms with van der Waals surface area (Å²) in [5.41, 5.74) is 7.33. The van der Waals surface area contributed by atoms with Gasteiger partial charge in [-0.3, -0.25) is 0 Å². The fourth-order valence-electron chi connectivity index (χ4n) is 3.11. The zero-order valence-corrected chi connectivity index (χ0v) is 12.2. The quantitative estimate of drug-likeness (QED) is 0.914. The maximum atomic E-state index is 6.01. The summed E-state index contributed by atoms with van der Waals surface area (Å²) < 4.78 is 11.2. The third kappa shape index (κ3) is 3.07. The molecule has 2 heterocycles. The molecule has 2 aliphatic rings. The average Bonchev–Trinajstić information content (AvgIpc) is 2.46. The minimum atomic E-state index is 0.385. The summed E-state index contributed by atoms with van der Waals surface area (Å²) >= 11 is 0. The average molecular weight is 276 g/mol. The van der Waals surface area contributed by atoms with Crippen LogP contribution in [0.2, 0.25) is 0 Å². The largest absolute Gasteiger partial charge is 0.486 e. The lowest BCUT2D eigenvalue weighted by molar-refractivity contribution is 0.149. The first-order chi connectivity index (χ1) is 9.72. The fraction of sp³-hybridized carbons (Fsp3) is 0.625. The molecule has 1 fully saturated rings. The molecule has 1 saturated heterocycles. The SMILES string of the molecule is CC1CC(N)CCN1CCc1ccc2c(c1)OCCO2. The summed E-state index contributed by atoms with van der Waals surface area (Å²) in [4.78, 5) is 2.54. The highest BCUT2D eigenvalue weighted by Crippen LogP contribution is 2.31. The third-order valence-electron chi connectivity index (χ3n) is 4.35. The van der Waals surface area contributed by atoms with Gasteiger partial charge in [-0.25, -0.2) is 0 Å². The second-order valence-electron chi connectivity index (χ2n) is 5.90. The number of ether oxygens (including phenoxy) is 2. The Kier molecular flexibility index (Phi) is 4.13. The van der Waals surface area contributed by atoms with Crippen LogP contribution in [0.5, 0.6) is 11.5 Å². The summed E-state index contributed by atoms with van der Waals surface area (Å²) in [6, 6.07) is 7.27. The Bertz CT molecular complexity index is 464. The maximum Gasteiger partial charge on any atom is 0.161 e. The van der Waals surface area contributed by atoms with E-state index in [1.54, 1.807) is 0 Å². The first kappa shape index (κ1) is 13.7. The Labute approximate surface area is 120 Å². The van der Waals surface area contributed by atoms with Crippen molar-refractivity contribution in [1.82, 2.24) is 4.90 Å². The van der Waals surface area contributed by atoms with Crippen LogP contribution in [0, 0.1) is 0 Å². The first-order valence-electron chi connectivity index (χ1n) is 7.60. The number of hydrogen-bond donors (Lipinski definition) is 1. The van der Waals surface area contributed by atoms with Crippen LogP contribution in [-0.2, 0) is 6.42 Å². The number of hydrogen-bond acceptors (Lipinski definition) is 4. The molecule has 4 heteroatoms. The van der Waals surface area contributed by atoms with Crippen LogP contribution in [0.15, 0.2) is 18.2 Å². The second-order valence-corrected chi connectivity index (χ2v) is 5.90. The molecule has 20 heavy (non-hydrogen) atoms. The molecule has 2 unspecified atom stereocenters. The summed E-state index contributed by atoms with van der Waals surface area (Å²) in [6.45, 7) is 5.79. The lowest BCUT2D eigenvalue weighted by Gasteiger charge is -2.36. The lowest BCUT2D eigenvalue weighted by Crippen LogP contribution is -2.46. The van der Waals surface area contributed by atoms with Crippen LogP contribution in [-0.4, -0.2) is 43.3 Å². The van der Waals surface area contributed by atoms with Gasteiger partial charge in [0.1, 0.15) is 13.2 Å². The minimum Gasteiger partial charge on any atom is -0.486 e. The lowest BCUT2D eigenvalue weighted by atomic mass is 9.98. The Morgan fingerprint density at radius 3 is 2.85 bits per heavy atom. The summed E-state index contributed by atoms with van der Waals surface area (Å²) in [5, 5.41) is 0. The molecule has 2 atom stereocenters. The van der Waals surface area contributed by atoms with Crippen LogP contribution >= 0.6 is 0 Å². The standard InChI is InChI=1S/C16H24N2O2/c1-12-10-14(17)5-7-18(12)6-4-13-2-3-15-16(11-13)20-9-8-19-15/h2-3,11-12,14H,4-10,17H2,1H3. The Balaban J connectivity index is 1.58. The van der Waals surface area contributed by atoms with E-state index in [0.29, 0.717) is 25.3 Å². The molecule has 2 aliphatic heterocycles. The summed E-state index contributed by atoms with van der Waals surface area (Å²) in [6.07, 6.45) is 3.28. The van der Waals surface area contributed by atoms with E-state index < -0.39 is 0 Å². The molecule has 0 radical (unpaired) electrons. The normalized spacial score (nSPS) is 26.5. The van der Waals surface area contributed by atoms with E-state index >= 15 is 0 Å². The van der Waals surface area contributed by atoms with Crippen LogP contribution in [0.3, 0.4) is 0 Å². The van der Waals surface area contributed by atoms with E-state index in [0.717, 1.165) is 43.9 Å². The number of rotatable bonds is 3. The van der Waals surface area contributed by atoms with Gasteiger partial charge < -0.3 is 20.1 Å². The van der Waals surface area contributed by atoms with E-state index in [2.05, 4.69) is 24.0 Å². The van der Waals surface area contributed by atoms with Crippen molar-refractivity contribution < 1.29 is 9.47 Å². The predicted molar refractivity (Wildman–Crippen MR) is 79.4 cm³/mol. The van der Waals surface area contributed by atoms with Crippen LogP contribution in [0.1, 0.15) is 25.3 Å². The number of piperidine rings is 1. The zero-order valence-electron chi connectivity index (χ0n) is 12.2. The highest BCUT2D eigenvalue weighted by Gasteiger charge is 2.22. The number of benzene rings is 1. The molecular formula is C16H24N2O2. The van der Waals surface area contributed by atoms with Gasteiger partial charge in [-0.15, -0.1) is 0 Å². The van der Waals surface area contributed by atoms with Crippen molar-refractivity contribution >= 4 is 0 Å². The molecule has 1 aromatic carbocycles. The molecule has 0 spiro atoms. The van der Waals surface area contributed by atoms with Crippen molar-refractivity contribution in [2.45, 2.75) is 38.3 Å². The Morgan fingerprint density at radius 2 is 2.05 bits per heavy atom. The third-order valence-corrected chi connectivity index (χ3v) is 4.35. The number of likely N-dealkylation sites (tertiary alicyclic amines) is 1. The van der Waals surface area contributed by atoms with E-state index in [-0.39, 0.29) is 0 Å². The highest BCUT2D eigenvalue weighted by molar-refractivity contribution is 5.43. The van der Waals surface area contributed by atoms with Crippen molar-refractivity contribution in [2.75, 3.05) is 26.3 Å². The van der Waals surface area contributed by atoms with Gasteiger partial charge in [0.25, 0.3) is 0 Å². The van der Waals surface area contributed by atoms with Gasteiger partial charge >= 0.3 is 0 Å². The smallest absolute Gasteiger partial charge is 0.161 e. The molecule has 3 rings (SSSR count). The van der Waals surface area contributed by atoms with Crippen molar-refractivity contribution in [3.05, 3.63) is 23.8 Å². The van der Waals surface area contributed by atoms with Gasteiger partial charge in [-0.1, -0.05) is 6.07 Å². The van der Waals surface area contributed by atoms with Gasteiger partial charge in [0.15, 0.2) is 11.5 Å². The molecule has 4 nitrogen and oxygen atoms in total. The Morgan fingerprint density at radius 1 is 1.25 bits per heavy atom. The van der Waals surface area contributed by atoms with Crippen molar-refractivity contribution in [3.8, 4) is 11.5 Å². The van der Waals surface area contributed by atoms with Gasteiger partial charge in [-0.05, 0) is 50.4 Å². The predicted octanol–water partition coefficient (Wildman–Crippen LogP) is 1.81. The van der Waals surface area contributed by atoms with Crippen LogP contribution < -0.4 is 15.2 Å². The first-order valence-corrected chi connectivity index (χ1v) is 7.60. The van der Waals surface area contributed by atoms with Gasteiger partial charge in [-0.2, -0.15) is 0 Å². The van der Waals surface area contributed by atoms with E-state index in [4.69, 9.17) is 15.2 Å². The van der Waals surface area contributed by atoms with E-state index in [9.17, 15) is 0 Å². The second kappa shape index (κ2) is 6.02. The minimum absolute atomic E-state index is 0.385. The number of nitrogens with two attached hydrogens (primary N) is 1. The fourth-order valence-corrected chi connectivity index (χ4v) is 3.11. The topological polar surface area (TPSA) is 47.7 Å². The molecule has 110 valence electrons. The summed E-state index contributed by atoms with van der Waals surface area (Å²) in [5.74, 6) is 1.76. The molecule has 0 aromatic heterocycles. The number of fused-ring (bicyclic) bond motifs is 1. The van der Waals surface area contributed by atoms with Crippen molar-refractivity contribution in [3.63, 3.8) is 0 Å². The van der Waals surface area contributed by atoms with E-state index in [1.807, 2.05) is 6.07 Å². The molecular weight excluding hydrogens is 252 g/mol. The molecule has 0 aliphatic carbocycles. The van der Waals surface area contributed by atoms with E-state index in [1.165, 1.54) is 5.56 Å². The molecule has 1 aromatic rings. The van der Waals surface area contributed by atoms with Gasteiger partial charge in [0.2, 0.25) is 0 Å². The molecule has 0 bridgehead atoms. The van der Waals surface area contributed by atoms with Crippen LogP contribution in [0.25, 0.3) is 0 Å². The monoisotopic (exact) mass is 276 g/mol. The highest BCUT2D eigenvalue weighted by atomic mass is 16.6. The van der Waals surface area contributed by atoms with Crippen molar-refractivity contribution in [2.24, 2.45) is 5.73 Å². The molecule has 0 amide bonds. The van der Waals surface area contributed by atoms with Gasteiger partial charge in [0, 0.05) is 18.6 Å². The van der Waals surface area contributed by atoms with Gasteiger partial charge in [0.05, 0.1) is 0 Å². The Hall–Kier alpha value is -1.26. The van der Waals surface area contributed by atoms with Crippen LogP contribution in [0.4, 0.5) is 0 Å².